The molecule has 2 aromatic rings. The second kappa shape index (κ2) is 6.01. The van der Waals surface area contributed by atoms with E-state index in [1.807, 2.05) is 0 Å². The third kappa shape index (κ3) is 3.25. The number of aldehydes is 1. The number of halogens is 2. The second-order valence-corrected chi connectivity index (χ2v) is 5.14. The number of hydrogen-bond acceptors (Lipinski definition) is 4. The SMILES string of the molecule is Cc1cc(Oc2cc(Br)ccc2C=O)c(F)cc1[N+](=O)[O-]. The zero-order valence-electron chi connectivity index (χ0n) is 10.8. The molecule has 21 heavy (non-hydrogen) atoms. The first-order valence-corrected chi connectivity index (χ1v) is 6.59. The van der Waals surface area contributed by atoms with Crippen molar-refractivity contribution in [2.45, 2.75) is 6.92 Å². The maximum atomic E-state index is 13.9. The van der Waals surface area contributed by atoms with Crippen molar-refractivity contribution in [3.8, 4) is 11.5 Å². The van der Waals surface area contributed by atoms with E-state index in [1.54, 1.807) is 6.07 Å². The average molecular weight is 354 g/mol. The van der Waals surface area contributed by atoms with Crippen LogP contribution >= 0.6 is 15.9 Å². The van der Waals surface area contributed by atoms with Crippen molar-refractivity contribution in [2.24, 2.45) is 0 Å². The Bertz CT molecular complexity index is 733. The van der Waals surface area contributed by atoms with Gasteiger partial charge in [-0.25, -0.2) is 4.39 Å². The Hall–Kier alpha value is -2.28. The smallest absolute Gasteiger partial charge is 0.275 e. The summed E-state index contributed by atoms with van der Waals surface area (Å²) in [4.78, 5) is 21.0. The second-order valence-electron chi connectivity index (χ2n) is 4.23. The van der Waals surface area contributed by atoms with Gasteiger partial charge in [0.15, 0.2) is 17.9 Å². The summed E-state index contributed by atoms with van der Waals surface area (Å²) in [7, 11) is 0. The summed E-state index contributed by atoms with van der Waals surface area (Å²) in [6.07, 6.45) is 0.581. The number of nitro benzene ring substituents is 1. The van der Waals surface area contributed by atoms with E-state index in [9.17, 15) is 19.3 Å². The van der Waals surface area contributed by atoms with Crippen LogP contribution in [0.25, 0.3) is 0 Å². The molecule has 0 unspecified atom stereocenters. The molecule has 0 aliphatic rings. The van der Waals surface area contributed by atoms with Crippen molar-refractivity contribution >= 4 is 27.9 Å². The number of nitro groups is 1. The maximum Gasteiger partial charge on any atom is 0.275 e. The van der Waals surface area contributed by atoms with Gasteiger partial charge in [0.05, 0.1) is 16.6 Å². The molecule has 7 heteroatoms. The van der Waals surface area contributed by atoms with Crippen molar-refractivity contribution < 1.29 is 18.8 Å². The highest BCUT2D eigenvalue weighted by molar-refractivity contribution is 9.10. The van der Waals surface area contributed by atoms with Gasteiger partial charge in [-0.1, -0.05) is 15.9 Å². The molecule has 0 atom stereocenters. The molecule has 108 valence electrons. The summed E-state index contributed by atoms with van der Waals surface area (Å²) in [5, 5.41) is 10.7. The van der Waals surface area contributed by atoms with Crippen LogP contribution in [0.2, 0.25) is 0 Å². The predicted octanol–water partition coefficient (Wildman–Crippen LogP) is 4.41. The number of nitrogens with zero attached hydrogens (tertiary/aromatic N) is 1. The van der Waals surface area contributed by atoms with Crippen molar-refractivity contribution in [2.75, 3.05) is 0 Å². The lowest BCUT2D eigenvalue weighted by atomic mass is 10.2. The first-order valence-electron chi connectivity index (χ1n) is 5.79. The normalized spacial score (nSPS) is 10.2. The quantitative estimate of drug-likeness (QED) is 0.463. The predicted molar refractivity (Wildman–Crippen MR) is 77.4 cm³/mol. The van der Waals surface area contributed by atoms with E-state index in [0.29, 0.717) is 10.8 Å². The Balaban J connectivity index is 2.45. The molecule has 0 spiro atoms. The number of benzene rings is 2. The zero-order valence-corrected chi connectivity index (χ0v) is 12.4. The molecular weight excluding hydrogens is 345 g/mol. The first-order chi connectivity index (χ1) is 9.92. The molecule has 0 saturated carbocycles. The van der Waals surface area contributed by atoms with Crippen LogP contribution < -0.4 is 4.74 Å². The molecule has 0 amide bonds. The molecule has 0 N–H and O–H groups in total. The lowest BCUT2D eigenvalue weighted by Crippen LogP contribution is -1.97. The number of carbonyl (C=O) groups excluding carboxylic acids is 1. The lowest BCUT2D eigenvalue weighted by Gasteiger charge is -2.10. The minimum absolute atomic E-state index is 0.159. The number of carbonyl (C=O) groups is 1. The molecule has 0 aromatic heterocycles. The molecule has 0 aliphatic carbocycles. The molecule has 0 saturated heterocycles. The third-order valence-electron chi connectivity index (χ3n) is 2.77. The Morgan fingerprint density at radius 2 is 2.00 bits per heavy atom. The van der Waals surface area contributed by atoms with E-state index >= 15 is 0 Å². The Morgan fingerprint density at radius 1 is 1.29 bits per heavy atom. The van der Waals surface area contributed by atoms with E-state index in [0.717, 1.165) is 6.07 Å². The highest BCUT2D eigenvalue weighted by atomic mass is 79.9. The van der Waals surface area contributed by atoms with Crippen molar-refractivity contribution in [3.05, 3.63) is 61.9 Å². The van der Waals surface area contributed by atoms with Crippen LogP contribution in [-0.4, -0.2) is 11.2 Å². The Labute approximate surface area is 127 Å². The monoisotopic (exact) mass is 353 g/mol. The van der Waals surface area contributed by atoms with E-state index in [-0.39, 0.29) is 28.3 Å². The van der Waals surface area contributed by atoms with Gasteiger partial charge in [0.2, 0.25) is 0 Å². The van der Waals surface area contributed by atoms with E-state index in [1.165, 1.54) is 25.1 Å². The summed E-state index contributed by atoms with van der Waals surface area (Å²) < 4.78 is 19.9. The van der Waals surface area contributed by atoms with Gasteiger partial charge < -0.3 is 4.74 Å². The van der Waals surface area contributed by atoms with Crippen LogP contribution in [0.1, 0.15) is 15.9 Å². The van der Waals surface area contributed by atoms with Gasteiger partial charge in [0, 0.05) is 10.0 Å². The largest absolute Gasteiger partial charge is 0.453 e. The highest BCUT2D eigenvalue weighted by Gasteiger charge is 2.17. The van der Waals surface area contributed by atoms with Crippen LogP contribution in [0.3, 0.4) is 0 Å². The van der Waals surface area contributed by atoms with E-state index in [2.05, 4.69) is 15.9 Å². The summed E-state index contributed by atoms with van der Waals surface area (Å²) in [5.41, 5.74) is 0.178. The number of ether oxygens (including phenoxy) is 1. The molecule has 0 aliphatic heterocycles. The van der Waals surface area contributed by atoms with Gasteiger partial charge in [0.25, 0.3) is 5.69 Å². The van der Waals surface area contributed by atoms with Crippen LogP contribution in [0, 0.1) is 22.9 Å². The molecule has 2 aromatic carbocycles. The highest BCUT2D eigenvalue weighted by Crippen LogP contribution is 2.32. The van der Waals surface area contributed by atoms with Crippen molar-refractivity contribution in [1.29, 1.82) is 0 Å². The summed E-state index contributed by atoms with van der Waals surface area (Å²) >= 11 is 3.22. The number of rotatable bonds is 4. The molecular formula is C14H9BrFNO4. The minimum Gasteiger partial charge on any atom is -0.453 e. The van der Waals surface area contributed by atoms with Crippen LogP contribution in [0.4, 0.5) is 10.1 Å². The van der Waals surface area contributed by atoms with Gasteiger partial charge >= 0.3 is 0 Å². The van der Waals surface area contributed by atoms with Crippen molar-refractivity contribution in [1.82, 2.24) is 0 Å². The topological polar surface area (TPSA) is 69.4 Å². The first kappa shape index (κ1) is 15.1. The summed E-state index contributed by atoms with van der Waals surface area (Å²) in [5.74, 6) is -0.894. The summed E-state index contributed by atoms with van der Waals surface area (Å²) in [6, 6.07) is 6.70. The molecule has 0 fully saturated rings. The van der Waals surface area contributed by atoms with Gasteiger partial charge in [-0.3, -0.25) is 14.9 Å². The average Bonchev–Trinajstić information content (AvgIpc) is 2.42. The van der Waals surface area contributed by atoms with E-state index in [4.69, 9.17) is 4.74 Å². The number of aryl methyl sites for hydroxylation is 1. The summed E-state index contributed by atoms with van der Waals surface area (Å²) in [6.45, 7) is 1.48. The fourth-order valence-corrected chi connectivity index (χ4v) is 2.07. The lowest BCUT2D eigenvalue weighted by molar-refractivity contribution is -0.385. The molecule has 0 radical (unpaired) electrons. The van der Waals surface area contributed by atoms with Gasteiger partial charge in [0.1, 0.15) is 5.75 Å². The minimum atomic E-state index is -0.871. The van der Waals surface area contributed by atoms with Crippen LogP contribution in [0.15, 0.2) is 34.8 Å². The maximum absolute atomic E-state index is 13.9. The van der Waals surface area contributed by atoms with Gasteiger partial charge in [-0.2, -0.15) is 0 Å². The van der Waals surface area contributed by atoms with Crippen LogP contribution in [-0.2, 0) is 0 Å². The molecule has 0 bridgehead atoms. The number of hydrogen-bond donors (Lipinski definition) is 0. The van der Waals surface area contributed by atoms with Gasteiger partial charge in [-0.05, 0) is 31.2 Å². The van der Waals surface area contributed by atoms with Gasteiger partial charge in [-0.15, -0.1) is 0 Å². The van der Waals surface area contributed by atoms with Crippen LogP contribution in [0.5, 0.6) is 11.5 Å². The molecule has 5 nitrogen and oxygen atoms in total. The molecule has 0 heterocycles. The van der Waals surface area contributed by atoms with E-state index < -0.39 is 10.7 Å². The fraction of sp³-hybridized carbons (Fsp3) is 0.0714. The standard InChI is InChI=1S/C14H9BrFNO4/c1-8-4-14(11(16)6-12(8)17(19)20)21-13-5-10(15)3-2-9(13)7-18/h2-7H,1H3. The third-order valence-corrected chi connectivity index (χ3v) is 3.26. The van der Waals surface area contributed by atoms with Crippen molar-refractivity contribution in [3.63, 3.8) is 0 Å². The molecule has 2 rings (SSSR count). The fourth-order valence-electron chi connectivity index (χ4n) is 1.73. The Kier molecular flexibility index (Phi) is 4.32. The zero-order chi connectivity index (χ0) is 15.6. The Morgan fingerprint density at radius 3 is 2.62 bits per heavy atom.